The van der Waals surface area contributed by atoms with Gasteiger partial charge in [0.05, 0.1) is 19.3 Å². The summed E-state index contributed by atoms with van der Waals surface area (Å²) in [5.41, 5.74) is -2.40. The summed E-state index contributed by atoms with van der Waals surface area (Å²) in [6.45, 7) is 15.9. The van der Waals surface area contributed by atoms with Crippen molar-refractivity contribution in [3.8, 4) is 5.75 Å². The Balaban J connectivity index is 0.00000541. The van der Waals surface area contributed by atoms with E-state index in [0.29, 0.717) is 30.8 Å². The number of carbonyl (C=O) groups is 4. The van der Waals surface area contributed by atoms with Crippen LogP contribution in [-0.2, 0) is 38.3 Å². The Morgan fingerprint density at radius 2 is 1.76 bits per heavy atom. The largest absolute Gasteiger partial charge is 0.497 e. The molecule has 1 heterocycles. The molecular formula is C38H65N5O10S. The Labute approximate surface area is 324 Å². The van der Waals surface area contributed by atoms with Gasteiger partial charge in [0.1, 0.15) is 40.8 Å². The number of rotatable bonds is 14. The van der Waals surface area contributed by atoms with Gasteiger partial charge in [0.2, 0.25) is 11.8 Å². The summed E-state index contributed by atoms with van der Waals surface area (Å²) in [6, 6.07) is 3.29. The van der Waals surface area contributed by atoms with E-state index in [0.717, 1.165) is 11.1 Å². The monoisotopic (exact) mass is 783 g/mol. The topological polar surface area (TPSA) is 182 Å². The Bertz CT molecular complexity index is 1760. The number of amides is 4. The zero-order chi connectivity index (χ0) is 40.6. The van der Waals surface area contributed by atoms with Crippen LogP contribution in [0, 0.1) is 18.3 Å². The molecule has 0 unspecified atom stereocenters. The number of nitrogens with one attached hydrogen (secondary N) is 3. The first kappa shape index (κ1) is 42.7. The summed E-state index contributed by atoms with van der Waals surface area (Å²) in [7, 11) is 0.821. The minimum absolute atomic E-state index is 0. The SMILES string of the molecule is CC[C@@H]1C[C@]1(NC(=O)[C@@H]1C[C@@H](O/C(=C/N(C)C)c2ccc(OC)cc2C)CN1C(=O)[C@@H](NC(=O)OC(C)(C)C)C(C)(C)C)C(=O)NS(=O)(=O)OC1(C)CC1.[HH].[HH].[HH]. The number of nitrogens with zero attached hydrogens (tertiary/aromatic N) is 2. The van der Waals surface area contributed by atoms with E-state index in [4.69, 9.17) is 18.4 Å². The third kappa shape index (κ3) is 10.6. The normalized spacial score (nSPS) is 24.2. The molecule has 54 heavy (non-hydrogen) atoms. The summed E-state index contributed by atoms with van der Waals surface area (Å²) in [5, 5.41) is 5.56. The van der Waals surface area contributed by atoms with Gasteiger partial charge in [-0.25, -0.2) is 13.7 Å². The van der Waals surface area contributed by atoms with Crippen LogP contribution in [0.5, 0.6) is 5.75 Å². The number of likely N-dealkylation sites (tertiary alicyclic amines) is 1. The van der Waals surface area contributed by atoms with Gasteiger partial charge in [-0.2, -0.15) is 8.42 Å². The van der Waals surface area contributed by atoms with E-state index < -0.39 is 74.5 Å². The number of hydrogen-bond donors (Lipinski definition) is 3. The van der Waals surface area contributed by atoms with Gasteiger partial charge >= 0.3 is 16.4 Å². The Morgan fingerprint density at radius 3 is 2.26 bits per heavy atom. The number of carbonyl (C=O) groups excluding carboxylic acids is 4. The minimum atomic E-state index is -4.45. The van der Waals surface area contributed by atoms with Crippen molar-refractivity contribution >= 4 is 39.9 Å². The van der Waals surface area contributed by atoms with Crippen molar-refractivity contribution in [2.24, 2.45) is 11.3 Å². The van der Waals surface area contributed by atoms with Crippen molar-refractivity contribution in [3.05, 3.63) is 35.5 Å². The Morgan fingerprint density at radius 1 is 1.11 bits per heavy atom. The number of benzene rings is 1. The fourth-order valence-corrected chi connectivity index (χ4v) is 7.74. The quantitative estimate of drug-likeness (QED) is 0.222. The predicted octanol–water partition coefficient (Wildman–Crippen LogP) is 4.74. The van der Waals surface area contributed by atoms with E-state index in [9.17, 15) is 27.6 Å². The first-order valence-corrected chi connectivity index (χ1v) is 19.8. The van der Waals surface area contributed by atoms with Gasteiger partial charge in [-0.1, -0.05) is 34.1 Å². The molecule has 4 amide bonds. The molecule has 4 rings (SSSR count). The zero-order valence-electron chi connectivity index (χ0n) is 33.7. The van der Waals surface area contributed by atoms with E-state index in [-0.39, 0.29) is 29.6 Å². The fraction of sp³-hybridized carbons (Fsp3) is 0.684. The number of alkyl carbamates (subject to hydrolysis) is 1. The second kappa shape index (κ2) is 15.6. The lowest BCUT2D eigenvalue weighted by atomic mass is 9.85. The molecule has 2 saturated carbocycles. The highest BCUT2D eigenvalue weighted by atomic mass is 32.2. The van der Waals surface area contributed by atoms with Crippen LogP contribution in [0.2, 0.25) is 0 Å². The molecule has 15 nitrogen and oxygen atoms in total. The third-order valence-corrected chi connectivity index (χ3v) is 10.9. The molecule has 2 aliphatic carbocycles. The second-order valence-corrected chi connectivity index (χ2v) is 18.5. The van der Waals surface area contributed by atoms with Crippen molar-refractivity contribution in [2.45, 2.75) is 129 Å². The standard InChI is InChI=1S/C38H59N5O10S.3H2/c1-13-24-20-38(24,33(46)41-54(48,49)53-37(9)16-17-37)40-31(44)28-19-26(51-29(22-42(10)11)27-15-14-25(50-12)18-23(27)2)21-43(28)32(45)30(35(3,4)5)39-34(47)52-36(6,7)8;;;/h14-15,18,22,24,26,28,30H,13,16-17,19-21H2,1-12H3,(H,39,47)(H,40,44)(H,41,46);3*1H/b29-22+;;;/t24-,26-,28+,30-,38-;;;/m1.../s1. The molecule has 3 aliphatic rings. The van der Waals surface area contributed by atoms with Crippen LogP contribution in [0.25, 0.3) is 5.76 Å². The van der Waals surface area contributed by atoms with Crippen molar-refractivity contribution in [1.29, 1.82) is 0 Å². The molecule has 3 N–H and O–H groups in total. The van der Waals surface area contributed by atoms with Crippen LogP contribution in [0.1, 0.15) is 103 Å². The van der Waals surface area contributed by atoms with Crippen molar-refractivity contribution in [1.82, 2.24) is 25.2 Å². The number of aryl methyl sites for hydroxylation is 1. The molecule has 0 spiro atoms. The highest BCUT2D eigenvalue weighted by Gasteiger charge is 2.62. The summed E-state index contributed by atoms with van der Waals surface area (Å²) >= 11 is 0. The molecule has 16 heteroatoms. The maximum atomic E-state index is 14.6. The highest BCUT2D eigenvalue weighted by molar-refractivity contribution is 7.85. The number of ether oxygens (including phenoxy) is 3. The van der Waals surface area contributed by atoms with Crippen LogP contribution in [-0.4, -0.2) is 105 Å². The van der Waals surface area contributed by atoms with Gasteiger partial charge < -0.3 is 34.6 Å². The van der Waals surface area contributed by atoms with Crippen LogP contribution >= 0.6 is 0 Å². The summed E-state index contributed by atoms with van der Waals surface area (Å²) in [6.07, 6.45) is 2.11. The summed E-state index contributed by atoms with van der Waals surface area (Å²) in [5.74, 6) is -1.29. The second-order valence-electron chi connectivity index (χ2n) is 17.3. The maximum absolute atomic E-state index is 14.6. The van der Waals surface area contributed by atoms with Crippen LogP contribution in [0.4, 0.5) is 4.79 Å². The first-order chi connectivity index (χ1) is 24.8. The lowest BCUT2D eigenvalue weighted by Crippen LogP contribution is -2.60. The number of methoxy groups -OCH3 is 1. The maximum Gasteiger partial charge on any atom is 0.408 e. The van der Waals surface area contributed by atoms with Gasteiger partial charge in [0.25, 0.3) is 5.91 Å². The smallest absolute Gasteiger partial charge is 0.408 e. The summed E-state index contributed by atoms with van der Waals surface area (Å²) in [4.78, 5) is 58.8. The van der Waals surface area contributed by atoms with Crippen LogP contribution in [0.3, 0.4) is 0 Å². The number of hydrogen-bond acceptors (Lipinski definition) is 11. The van der Waals surface area contributed by atoms with Crippen molar-refractivity contribution < 1.29 is 50.3 Å². The van der Waals surface area contributed by atoms with Gasteiger partial charge in [0, 0.05) is 36.6 Å². The molecule has 1 aromatic carbocycles. The fourth-order valence-electron chi connectivity index (χ4n) is 6.60. The molecule has 1 aliphatic heterocycles. The third-order valence-electron chi connectivity index (χ3n) is 9.82. The van der Waals surface area contributed by atoms with Gasteiger partial charge in [-0.3, -0.25) is 14.4 Å². The molecule has 5 atom stereocenters. The highest BCUT2D eigenvalue weighted by Crippen LogP contribution is 2.47. The molecule has 308 valence electrons. The molecule has 1 aromatic rings. The van der Waals surface area contributed by atoms with E-state index in [2.05, 4.69) is 10.6 Å². The lowest BCUT2D eigenvalue weighted by molar-refractivity contribution is -0.143. The van der Waals surface area contributed by atoms with E-state index in [1.807, 2.05) is 55.8 Å². The van der Waals surface area contributed by atoms with E-state index >= 15 is 0 Å². The molecule has 3 fully saturated rings. The van der Waals surface area contributed by atoms with Crippen LogP contribution in [0.15, 0.2) is 24.4 Å². The average molecular weight is 784 g/mol. The average Bonchev–Trinajstić information content (AvgIpc) is 3.89. The zero-order valence-corrected chi connectivity index (χ0v) is 34.6. The first-order valence-electron chi connectivity index (χ1n) is 18.4. The molecule has 0 aromatic heterocycles. The predicted molar refractivity (Wildman–Crippen MR) is 208 cm³/mol. The lowest BCUT2D eigenvalue weighted by Gasteiger charge is -2.36. The van der Waals surface area contributed by atoms with Gasteiger partial charge in [-0.15, -0.1) is 0 Å². The van der Waals surface area contributed by atoms with Gasteiger partial charge in [-0.05, 0) is 89.0 Å². The molecule has 0 bridgehead atoms. The molecule has 1 saturated heterocycles. The van der Waals surface area contributed by atoms with Gasteiger partial charge in [0.15, 0.2) is 0 Å². The van der Waals surface area contributed by atoms with E-state index in [1.165, 1.54) is 4.90 Å². The van der Waals surface area contributed by atoms with E-state index in [1.54, 1.807) is 61.8 Å². The van der Waals surface area contributed by atoms with Crippen molar-refractivity contribution in [2.75, 3.05) is 27.7 Å². The molecular weight excluding hydrogens is 719 g/mol. The Kier molecular flexibility index (Phi) is 12.3. The summed E-state index contributed by atoms with van der Waals surface area (Å²) < 4.78 is 50.3. The van der Waals surface area contributed by atoms with Crippen LogP contribution < -0.4 is 20.1 Å². The minimum Gasteiger partial charge on any atom is -0.497 e. The molecule has 0 radical (unpaired) electrons. The Hall–Kier alpha value is -4.05. The van der Waals surface area contributed by atoms with Crippen molar-refractivity contribution in [3.63, 3.8) is 0 Å².